The predicted octanol–water partition coefficient (Wildman–Crippen LogP) is 4.64. The van der Waals surface area contributed by atoms with E-state index < -0.39 is 0 Å². The van der Waals surface area contributed by atoms with E-state index in [1.807, 2.05) is 13.0 Å². The Kier molecular flexibility index (Phi) is 11.1. The fourth-order valence-corrected chi connectivity index (χ4v) is 1.84. The molecule has 0 atom stereocenters. The molecule has 0 fully saturated rings. The van der Waals surface area contributed by atoms with Crippen LogP contribution in [0.25, 0.3) is 0 Å². The van der Waals surface area contributed by atoms with Crippen LogP contribution in [0.15, 0.2) is 11.6 Å². The van der Waals surface area contributed by atoms with Crippen LogP contribution in [0.5, 0.6) is 0 Å². The fourth-order valence-electron chi connectivity index (χ4n) is 1.84. The molecule has 0 N–H and O–H groups in total. The molecule has 0 aliphatic carbocycles. The summed E-state index contributed by atoms with van der Waals surface area (Å²) in [6.07, 6.45) is 13.6. The molecular formula is C15H28O2. The third-order valence-electron chi connectivity index (χ3n) is 3.02. The molecule has 100 valence electrons. The highest BCUT2D eigenvalue weighted by Crippen LogP contribution is 2.10. The number of methoxy groups -OCH3 is 1. The average Bonchev–Trinajstić information content (AvgIpc) is 2.35. The van der Waals surface area contributed by atoms with Gasteiger partial charge >= 0.3 is 5.97 Å². The molecule has 0 aromatic rings. The monoisotopic (exact) mass is 240 g/mol. The quantitative estimate of drug-likeness (QED) is 0.316. The minimum Gasteiger partial charge on any atom is -0.466 e. The van der Waals surface area contributed by atoms with Crippen molar-refractivity contribution in [2.75, 3.05) is 7.11 Å². The molecule has 0 heterocycles. The van der Waals surface area contributed by atoms with E-state index in [-0.39, 0.29) is 5.97 Å². The minimum atomic E-state index is -0.204. The van der Waals surface area contributed by atoms with Crippen molar-refractivity contribution in [3.8, 4) is 0 Å². The molecular weight excluding hydrogens is 212 g/mol. The van der Waals surface area contributed by atoms with E-state index in [0.717, 1.165) is 12.0 Å². The summed E-state index contributed by atoms with van der Waals surface area (Å²) in [5.41, 5.74) is 0.732. The smallest absolute Gasteiger partial charge is 0.333 e. The van der Waals surface area contributed by atoms with Crippen molar-refractivity contribution >= 4 is 5.97 Å². The predicted molar refractivity (Wildman–Crippen MR) is 73.0 cm³/mol. The Labute approximate surface area is 106 Å². The molecule has 0 radical (unpaired) electrons. The maximum absolute atomic E-state index is 11.1. The Bertz CT molecular complexity index is 219. The lowest BCUT2D eigenvalue weighted by Crippen LogP contribution is -2.01. The molecule has 0 saturated heterocycles. The number of rotatable bonds is 10. The lowest BCUT2D eigenvalue weighted by Gasteiger charge is -2.01. The molecule has 0 unspecified atom stereocenters. The number of carbonyl (C=O) groups is 1. The van der Waals surface area contributed by atoms with Crippen molar-refractivity contribution in [2.45, 2.75) is 71.6 Å². The first-order valence-corrected chi connectivity index (χ1v) is 6.97. The molecule has 2 heteroatoms. The highest BCUT2D eigenvalue weighted by Gasteiger charge is 2.00. The number of hydrogen-bond donors (Lipinski definition) is 0. The van der Waals surface area contributed by atoms with E-state index >= 15 is 0 Å². The van der Waals surface area contributed by atoms with E-state index in [1.165, 1.54) is 58.5 Å². The number of hydrogen-bond acceptors (Lipinski definition) is 2. The van der Waals surface area contributed by atoms with Crippen molar-refractivity contribution in [3.05, 3.63) is 11.6 Å². The summed E-state index contributed by atoms with van der Waals surface area (Å²) >= 11 is 0. The van der Waals surface area contributed by atoms with Gasteiger partial charge in [-0.15, -0.1) is 0 Å². The van der Waals surface area contributed by atoms with Gasteiger partial charge in [0.1, 0.15) is 0 Å². The molecule has 17 heavy (non-hydrogen) atoms. The number of unbranched alkanes of at least 4 members (excludes halogenated alkanes) is 8. The molecule has 0 saturated carbocycles. The molecule has 0 rings (SSSR count). The average molecular weight is 240 g/mol. The molecule has 0 aliphatic heterocycles. The maximum atomic E-state index is 11.1. The SMILES string of the molecule is CCCCCCCCCCC=C(C)C(=O)OC. The highest BCUT2D eigenvalue weighted by atomic mass is 16.5. The van der Waals surface area contributed by atoms with Crippen LogP contribution in [0, 0.1) is 0 Å². The molecule has 0 aromatic carbocycles. The van der Waals surface area contributed by atoms with Crippen LogP contribution in [0.4, 0.5) is 0 Å². The van der Waals surface area contributed by atoms with Gasteiger partial charge in [0.25, 0.3) is 0 Å². The Morgan fingerprint density at radius 3 is 2.06 bits per heavy atom. The zero-order valence-corrected chi connectivity index (χ0v) is 11.8. The van der Waals surface area contributed by atoms with Gasteiger partial charge < -0.3 is 4.74 Å². The zero-order chi connectivity index (χ0) is 12.9. The van der Waals surface area contributed by atoms with E-state index in [1.54, 1.807) is 0 Å². The van der Waals surface area contributed by atoms with E-state index in [2.05, 4.69) is 11.7 Å². The van der Waals surface area contributed by atoms with Gasteiger partial charge in [0.05, 0.1) is 7.11 Å². The molecule has 0 aromatic heterocycles. The van der Waals surface area contributed by atoms with E-state index in [4.69, 9.17) is 0 Å². The molecule has 0 aliphatic rings. The summed E-state index contributed by atoms with van der Waals surface area (Å²) in [5.74, 6) is -0.204. The van der Waals surface area contributed by atoms with Crippen LogP contribution in [0.3, 0.4) is 0 Å². The summed E-state index contributed by atoms with van der Waals surface area (Å²) in [6.45, 7) is 4.06. The number of esters is 1. The van der Waals surface area contributed by atoms with Crippen molar-refractivity contribution in [1.29, 1.82) is 0 Å². The fraction of sp³-hybridized carbons (Fsp3) is 0.800. The third-order valence-corrected chi connectivity index (χ3v) is 3.02. The topological polar surface area (TPSA) is 26.3 Å². The Morgan fingerprint density at radius 2 is 1.53 bits per heavy atom. The second-order valence-corrected chi connectivity index (χ2v) is 4.64. The largest absolute Gasteiger partial charge is 0.466 e. The first kappa shape index (κ1) is 16.2. The van der Waals surface area contributed by atoms with Gasteiger partial charge in [-0.05, 0) is 19.8 Å². The van der Waals surface area contributed by atoms with Gasteiger partial charge in [-0.25, -0.2) is 4.79 Å². The lowest BCUT2D eigenvalue weighted by molar-refractivity contribution is -0.136. The molecule has 2 nitrogen and oxygen atoms in total. The number of ether oxygens (including phenoxy) is 1. The van der Waals surface area contributed by atoms with Crippen molar-refractivity contribution in [3.63, 3.8) is 0 Å². The van der Waals surface area contributed by atoms with E-state index in [0.29, 0.717) is 0 Å². The van der Waals surface area contributed by atoms with Crippen LogP contribution in [-0.2, 0) is 9.53 Å². The normalized spacial score (nSPS) is 11.6. The van der Waals surface area contributed by atoms with Gasteiger partial charge in [0, 0.05) is 5.57 Å². The van der Waals surface area contributed by atoms with Gasteiger partial charge in [0.2, 0.25) is 0 Å². The van der Waals surface area contributed by atoms with Crippen LogP contribution in [0.1, 0.15) is 71.6 Å². The van der Waals surface area contributed by atoms with Crippen LogP contribution < -0.4 is 0 Å². The van der Waals surface area contributed by atoms with Gasteiger partial charge in [-0.2, -0.15) is 0 Å². The summed E-state index contributed by atoms with van der Waals surface area (Å²) in [4.78, 5) is 11.1. The zero-order valence-electron chi connectivity index (χ0n) is 11.8. The second kappa shape index (κ2) is 11.7. The van der Waals surface area contributed by atoms with Crippen molar-refractivity contribution < 1.29 is 9.53 Å². The Balaban J connectivity index is 3.31. The van der Waals surface area contributed by atoms with Gasteiger partial charge in [0.15, 0.2) is 0 Å². The standard InChI is InChI=1S/C15H28O2/c1-4-5-6-7-8-9-10-11-12-13-14(2)15(16)17-3/h13H,4-12H2,1-3H3. The summed E-state index contributed by atoms with van der Waals surface area (Å²) < 4.78 is 4.64. The lowest BCUT2D eigenvalue weighted by atomic mass is 10.1. The van der Waals surface area contributed by atoms with Crippen LogP contribution >= 0.6 is 0 Å². The van der Waals surface area contributed by atoms with Crippen molar-refractivity contribution in [2.24, 2.45) is 0 Å². The van der Waals surface area contributed by atoms with E-state index in [9.17, 15) is 4.79 Å². The second-order valence-electron chi connectivity index (χ2n) is 4.64. The Hall–Kier alpha value is -0.790. The Morgan fingerprint density at radius 1 is 1.00 bits per heavy atom. The maximum Gasteiger partial charge on any atom is 0.333 e. The highest BCUT2D eigenvalue weighted by molar-refractivity contribution is 5.87. The number of allylic oxidation sites excluding steroid dienone is 1. The summed E-state index contributed by atoms with van der Waals surface area (Å²) in [6, 6.07) is 0. The molecule has 0 bridgehead atoms. The summed E-state index contributed by atoms with van der Waals surface area (Å²) in [5, 5.41) is 0. The summed E-state index contributed by atoms with van der Waals surface area (Å²) in [7, 11) is 1.43. The first-order valence-electron chi connectivity index (χ1n) is 6.97. The third kappa shape index (κ3) is 10.1. The molecule has 0 spiro atoms. The first-order chi connectivity index (χ1) is 8.22. The molecule has 0 amide bonds. The van der Waals surface area contributed by atoms with Gasteiger partial charge in [-0.1, -0.05) is 57.9 Å². The van der Waals surface area contributed by atoms with Gasteiger partial charge in [-0.3, -0.25) is 0 Å². The minimum absolute atomic E-state index is 0.204. The van der Waals surface area contributed by atoms with Crippen LogP contribution in [-0.4, -0.2) is 13.1 Å². The number of carbonyl (C=O) groups excluding carboxylic acids is 1. The van der Waals surface area contributed by atoms with Crippen molar-refractivity contribution in [1.82, 2.24) is 0 Å². The van der Waals surface area contributed by atoms with Crippen LogP contribution in [0.2, 0.25) is 0 Å².